The first kappa shape index (κ1) is 11.2. The minimum absolute atomic E-state index is 0.982. The molecule has 0 unspecified atom stereocenters. The number of aromatic nitrogens is 1. The molecular weight excluding hydrogens is 214 g/mol. The lowest BCUT2D eigenvalue weighted by atomic mass is 10.2. The lowest BCUT2D eigenvalue weighted by Gasteiger charge is -2.02. The van der Waals surface area contributed by atoms with Gasteiger partial charge in [0, 0.05) is 11.9 Å². The summed E-state index contributed by atoms with van der Waals surface area (Å²) in [4.78, 5) is 4.37. The summed E-state index contributed by atoms with van der Waals surface area (Å²) in [5.74, 6) is 0.982. The second kappa shape index (κ2) is 5.17. The third-order valence-corrected chi connectivity index (χ3v) is 3.41. The maximum atomic E-state index is 4.37. The highest BCUT2D eigenvalue weighted by molar-refractivity contribution is 7.98. The van der Waals surface area contributed by atoms with Crippen molar-refractivity contribution in [3.05, 3.63) is 59.3 Å². The van der Waals surface area contributed by atoms with Crippen LogP contribution in [0.3, 0.4) is 0 Å². The normalized spacial score (nSPS) is 10.4. The average molecular weight is 229 g/mol. The van der Waals surface area contributed by atoms with Gasteiger partial charge in [0.2, 0.25) is 0 Å². The minimum atomic E-state index is 0.982. The van der Waals surface area contributed by atoms with Gasteiger partial charge in [-0.15, -0.1) is 11.8 Å². The third-order valence-electron chi connectivity index (χ3n) is 2.39. The Balaban J connectivity index is 1.97. The lowest BCUT2D eigenvalue weighted by molar-refractivity contribution is 1.11. The highest BCUT2D eigenvalue weighted by atomic mass is 32.2. The highest BCUT2D eigenvalue weighted by Gasteiger charge is 1.97. The zero-order chi connectivity index (χ0) is 11.4. The molecule has 2 aromatic rings. The summed E-state index contributed by atoms with van der Waals surface area (Å²) < 4.78 is 0. The molecule has 16 heavy (non-hydrogen) atoms. The van der Waals surface area contributed by atoms with Crippen molar-refractivity contribution in [2.75, 3.05) is 0 Å². The Labute approximate surface area is 101 Å². The van der Waals surface area contributed by atoms with Crippen molar-refractivity contribution in [2.24, 2.45) is 0 Å². The zero-order valence-corrected chi connectivity index (χ0v) is 10.4. The van der Waals surface area contributed by atoms with E-state index >= 15 is 0 Å². The van der Waals surface area contributed by atoms with Crippen molar-refractivity contribution < 1.29 is 0 Å². The number of hydrogen-bond acceptors (Lipinski definition) is 2. The van der Waals surface area contributed by atoms with Gasteiger partial charge in [-0.1, -0.05) is 35.9 Å². The Kier molecular flexibility index (Phi) is 3.62. The van der Waals surface area contributed by atoms with Gasteiger partial charge in [0.15, 0.2) is 0 Å². The molecule has 0 aliphatic rings. The van der Waals surface area contributed by atoms with E-state index in [9.17, 15) is 0 Å². The Hall–Kier alpha value is -1.28. The average Bonchev–Trinajstić information content (AvgIpc) is 2.30. The number of hydrogen-bond donors (Lipinski definition) is 0. The predicted octanol–water partition coefficient (Wildman–Crippen LogP) is 3.99. The standard InChI is InChI=1S/C14H15NS/c1-11-3-6-13(7-4-11)10-16-14-8-5-12(2)9-15-14/h3-9H,10H2,1-2H3. The zero-order valence-electron chi connectivity index (χ0n) is 9.60. The molecule has 0 N–H and O–H groups in total. The molecule has 2 heteroatoms. The van der Waals surface area contributed by atoms with Gasteiger partial charge >= 0.3 is 0 Å². The van der Waals surface area contributed by atoms with E-state index in [1.807, 2.05) is 6.20 Å². The van der Waals surface area contributed by atoms with Gasteiger partial charge in [-0.25, -0.2) is 4.98 Å². The van der Waals surface area contributed by atoms with Crippen LogP contribution in [0.4, 0.5) is 0 Å². The molecule has 1 aromatic carbocycles. The number of thioether (sulfide) groups is 1. The monoisotopic (exact) mass is 229 g/mol. The van der Waals surface area contributed by atoms with Crippen LogP contribution in [0.2, 0.25) is 0 Å². The van der Waals surface area contributed by atoms with Gasteiger partial charge in [0.1, 0.15) is 0 Å². The fraction of sp³-hybridized carbons (Fsp3) is 0.214. The largest absolute Gasteiger partial charge is 0.250 e. The Morgan fingerprint density at radius 1 is 0.938 bits per heavy atom. The molecule has 0 radical (unpaired) electrons. The molecule has 0 atom stereocenters. The summed E-state index contributed by atoms with van der Waals surface area (Å²) in [7, 11) is 0. The number of rotatable bonds is 3. The number of aryl methyl sites for hydroxylation is 2. The topological polar surface area (TPSA) is 12.9 Å². The summed E-state index contributed by atoms with van der Waals surface area (Å²) in [6.07, 6.45) is 1.91. The predicted molar refractivity (Wildman–Crippen MR) is 69.7 cm³/mol. The molecule has 0 spiro atoms. The smallest absolute Gasteiger partial charge is 0.0963 e. The Morgan fingerprint density at radius 2 is 1.62 bits per heavy atom. The maximum absolute atomic E-state index is 4.37. The van der Waals surface area contributed by atoms with Crippen molar-refractivity contribution in [1.29, 1.82) is 0 Å². The van der Waals surface area contributed by atoms with Crippen LogP contribution >= 0.6 is 11.8 Å². The van der Waals surface area contributed by atoms with E-state index in [4.69, 9.17) is 0 Å². The van der Waals surface area contributed by atoms with Crippen molar-refractivity contribution in [2.45, 2.75) is 24.6 Å². The number of nitrogens with zero attached hydrogens (tertiary/aromatic N) is 1. The van der Waals surface area contributed by atoms with E-state index in [1.165, 1.54) is 16.7 Å². The van der Waals surface area contributed by atoms with Crippen molar-refractivity contribution in [3.8, 4) is 0 Å². The lowest BCUT2D eigenvalue weighted by Crippen LogP contribution is -1.84. The first-order chi connectivity index (χ1) is 7.74. The summed E-state index contributed by atoms with van der Waals surface area (Å²) in [5, 5.41) is 1.09. The second-order valence-electron chi connectivity index (χ2n) is 3.95. The maximum Gasteiger partial charge on any atom is 0.0963 e. The molecule has 0 bridgehead atoms. The second-order valence-corrected chi connectivity index (χ2v) is 4.94. The van der Waals surface area contributed by atoms with Crippen LogP contribution in [0.5, 0.6) is 0 Å². The van der Waals surface area contributed by atoms with Crippen LogP contribution in [0.1, 0.15) is 16.7 Å². The molecule has 82 valence electrons. The Bertz CT molecular complexity index is 400. The van der Waals surface area contributed by atoms with Gasteiger partial charge in [0.25, 0.3) is 0 Å². The summed E-state index contributed by atoms with van der Waals surface area (Å²) in [6, 6.07) is 12.8. The molecule has 2 rings (SSSR count). The quantitative estimate of drug-likeness (QED) is 0.738. The summed E-state index contributed by atoms with van der Waals surface area (Å²) >= 11 is 1.78. The van der Waals surface area contributed by atoms with Gasteiger partial charge in [-0.2, -0.15) is 0 Å². The fourth-order valence-electron chi connectivity index (χ4n) is 1.38. The molecule has 1 heterocycles. The highest BCUT2D eigenvalue weighted by Crippen LogP contribution is 2.20. The molecule has 0 amide bonds. The summed E-state index contributed by atoms with van der Waals surface area (Å²) in [5.41, 5.74) is 3.86. The van der Waals surface area contributed by atoms with E-state index in [0.717, 1.165) is 10.8 Å². The molecule has 1 aromatic heterocycles. The van der Waals surface area contributed by atoms with Gasteiger partial charge in [-0.3, -0.25) is 0 Å². The number of pyridine rings is 1. The van der Waals surface area contributed by atoms with Gasteiger partial charge < -0.3 is 0 Å². The molecule has 1 nitrogen and oxygen atoms in total. The van der Waals surface area contributed by atoms with Gasteiger partial charge in [0.05, 0.1) is 5.03 Å². The van der Waals surface area contributed by atoms with Crippen LogP contribution in [0.25, 0.3) is 0 Å². The van der Waals surface area contributed by atoms with Crippen molar-refractivity contribution in [3.63, 3.8) is 0 Å². The van der Waals surface area contributed by atoms with Gasteiger partial charge in [-0.05, 0) is 31.0 Å². The molecule has 0 aliphatic heterocycles. The minimum Gasteiger partial charge on any atom is -0.250 e. The van der Waals surface area contributed by atoms with E-state index in [0.29, 0.717) is 0 Å². The third kappa shape index (κ3) is 3.11. The first-order valence-electron chi connectivity index (χ1n) is 5.35. The molecular formula is C14H15NS. The fourth-order valence-corrected chi connectivity index (χ4v) is 2.18. The molecule has 0 aliphatic carbocycles. The van der Waals surface area contributed by atoms with E-state index in [2.05, 4.69) is 55.2 Å². The van der Waals surface area contributed by atoms with Crippen LogP contribution in [0, 0.1) is 13.8 Å². The van der Waals surface area contributed by atoms with E-state index < -0.39 is 0 Å². The molecule has 0 saturated heterocycles. The Morgan fingerprint density at radius 3 is 2.25 bits per heavy atom. The van der Waals surface area contributed by atoms with Crippen LogP contribution in [-0.4, -0.2) is 4.98 Å². The van der Waals surface area contributed by atoms with Crippen molar-refractivity contribution in [1.82, 2.24) is 4.98 Å². The SMILES string of the molecule is Cc1ccc(CSc2ccc(C)cn2)cc1. The van der Waals surface area contributed by atoms with Crippen LogP contribution in [-0.2, 0) is 5.75 Å². The summed E-state index contributed by atoms with van der Waals surface area (Å²) in [6.45, 7) is 4.17. The van der Waals surface area contributed by atoms with E-state index in [1.54, 1.807) is 11.8 Å². The first-order valence-corrected chi connectivity index (χ1v) is 6.33. The van der Waals surface area contributed by atoms with E-state index in [-0.39, 0.29) is 0 Å². The molecule has 0 saturated carbocycles. The molecule has 0 fully saturated rings. The van der Waals surface area contributed by atoms with Crippen LogP contribution < -0.4 is 0 Å². The van der Waals surface area contributed by atoms with Crippen LogP contribution in [0.15, 0.2) is 47.6 Å². The number of benzene rings is 1. The van der Waals surface area contributed by atoms with Crippen molar-refractivity contribution >= 4 is 11.8 Å².